The molecule has 0 fully saturated rings. The first kappa shape index (κ1) is 13.7. The van der Waals surface area contributed by atoms with Crippen molar-refractivity contribution in [3.63, 3.8) is 0 Å². The van der Waals surface area contributed by atoms with Crippen molar-refractivity contribution in [1.82, 2.24) is 0 Å². The van der Waals surface area contributed by atoms with Crippen LogP contribution in [0.3, 0.4) is 0 Å². The van der Waals surface area contributed by atoms with Crippen molar-refractivity contribution in [2.24, 2.45) is 0 Å². The number of rotatable bonds is 10. The summed E-state index contributed by atoms with van der Waals surface area (Å²) < 4.78 is 0. The van der Waals surface area contributed by atoms with Gasteiger partial charge in [0.05, 0.1) is 0 Å². The van der Waals surface area contributed by atoms with E-state index in [9.17, 15) is 0 Å². The maximum absolute atomic E-state index is 2.27. The summed E-state index contributed by atoms with van der Waals surface area (Å²) in [5, 5.41) is 0. The standard InChI is InChI=1S/C11H24S2/c1-3-5-7-9-11-13-12-10-8-6-4-2/h3-11H2,1-2H3. The molecule has 0 amide bonds. The van der Waals surface area contributed by atoms with Gasteiger partial charge >= 0.3 is 0 Å². The minimum absolute atomic E-state index is 1.35. The van der Waals surface area contributed by atoms with Crippen LogP contribution in [-0.2, 0) is 0 Å². The Balaban J connectivity index is 2.76. The van der Waals surface area contributed by atoms with Gasteiger partial charge in [-0.25, -0.2) is 0 Å². The molecule has 13 heavy (non-hydrogen) atoms. The van der Waals surface area contributed by atoms with Crippen LogP contribution in [0.2, 0.25) is 0 Å². The van der Waals surface area contributed by atoms with E-state index in [0.29, 0.717) is 0 Å². The highest BCUT2D eigenvalue weighted by Crippen LogP contribution is 2.24. The number of hydrogen-bond donors (Lipinski definition) is 0. The quantitative estimate of drug-likeness (QED) is 0.369. The highest BCUT2D eigenvalue weighted by Gasteiger charge is 1.91. The van der Waals surface area contributed by atoms with Crippen molar-refractivity contribution < 1.29 is 0 Å². The zero-order valence-corrected chi connectivity index (χ0v) is 10.8. The maximum atomic E-state index is 2.27. The smallest absolute Gasteiger partial charge is 0.00369 e. The fourth-order valence-electron chi connectivity index (χ4n) is 1.12. The minimum atomic E-state index is 1.35. The summed E-state index contributed by atoms with van der Waals surface area (Å²) in [5.74, 6) is 2.71. The Morgan fingerprint density at radius 3 is 1.62 bits per heavy atom. The van der Waals surface area contributed by atoms with Gasteiger partial charge in [-0.3, -0.25) is 0 Å². The normalized spacial score (nSPS) is 10.6. The van der Waals surface area contributed by atoms with Gasteiger partial charge in [-0.05, 0) is 12.8 Å². The summed E-state index contributed by atoms with van der Waals surface area (Å²) in [4.78, 5) is 0. The molecule has 0 spiro atoms. The Morgan fingerprint density at radius 2 is 1.08 bits per heavy atom. The second kappa shape index (κ2) is 12.7. The molecule has 0 nitrogen and oxygen atoms in total. The van der Waals surface area contributed by atoms with Crippen molar-refractivity contribution in [3.05, 3.63) is 0 Å². The van der Waals surface area contributed by atoms with Gasteiger partial charge in [0.2, 0.25) is 0 Å². The van der Waals surface area contributed by atoms with E-state index in [1.165, 1.54) is 56.5 Å². The monoisotopic (exact) mass is 220 g/mol. The predicted molar refractivity (Wildman–Crippen MR) is 68.6 cm³/mol. The first-order valence-electron chi connectivity index (χ1n) is 5.66. The molecule has 0 aliphatic carbocycles. The van der Waals surface area contributed by atoms with Crippen LogP contribution in [-0.4, -0.2) is 11.5 Å². The predicted octanol–water partition coefficient (Wildman–Crippen LogP) is 5.14. The lowest BCUT2D eigenvalue weighted by Crippen LogP contribution is -1.80. The van der Waals surface area contributed by atoms with Crippen LogP contribution in [0.4, 0.5) is 0 Å². The van der Waals surface area contributed by atoms with Crippen LogP contribution in [0.25, 0.3) is 0 Å². The molecule has 0 aromatic heterocycles. The van der Waals surface area contributed by atoms with Gasteiger partial charge in [0.25, 0.3) is 0 Å². The van der Waals surface area contributed by atoms with Crippen LogP contribution in [0.5, 0.6) is 0 Å². The van der Waals surface area contributed by atoms with E-state index in [4.69, 9.17) is 0 Å². The Labute approximate surface area is 92.0 Å². The Kier molecular flexibility index (Phi) is 13.4. The molecular formula is C11H24S2. The van der Waals surface area contributed by atoms with Gasteiger partial charge in [0.15, 0.2) is 0 Å². The molecule has 0 aromatic carbocycles. The van der Waals surface area contributed by atoms with Crippen molar-refractivity contribution in [3.8, 4) is 0 Å². The van der Waals surface area contributed by atoms with Crippen molar-refractivity contribution in [2.45, 2.75) is 58.8 Å². The topological polar surface area (TPSA) is 0 Å². The van der Waals surface area contributed by atoms with Gasteiger partial charge in [-0.2, -0.15) is 0 Å². The molecule has 80 valence electrons. The second-order valence-electron chi connectivity index (χ2n) is 3.41. The van der Waals surface area contributed by atoms with E-state index in [-0.39, 0.29) is 0 Å². The summed E-state index contributed by atoms with van der Waals surface area (Å²) in [6.07, 6.45) is 9.78. The third kappa shape index (κ3) is 12.7. The molecule has 0 aliphatic rings. The third-order valence-corrected chi connectivity index (χ3v) is 4.57. The van der Waals surface area contributed by atoms with E-state index in [0.717, 1.165) is 0 Å². The lowest BCUT2D eigenvalue weighted by atomic mass is 10.2. The first-order valence-corrected chi connectivity index (χ1v) is 8.15. The van der Waals surface area contributed by atoms with E-state index in [1.807, 2.05) is 0 Å². The molecule has 0 aliphatic heterocycles. The van der Waals surface area contributed by atoms with Crippen LogP contribution < -0.4 is 0 Å². The summed E-state index contributed by atoms with van der Waals surface area (Å²) in [6, 6.07) is 0. The molecular weight excluding hydrogens is 196 g/mol. The molecule has 0 saturated heterocycles. The van der Waals surface area contributed by atoms with Gasteiger partial charge < -0.3 is 0 Å². The molecule has 0 bridgehead atoms. The van der Waals surface area contributed by atoms with Crippen molar-refractivity contribution in [2.75, 3.05) is 11.5 Å². The molecule has 2 heteroatoms. The Bertz CT molecular complexity index is 74.2. The molecule has 0 rings (SSSR count). The Morgan fingerprint density at radius 1 is 0.615 bits per heavy atom. The van der Waals surface area contributed by atoms with E-state index in [2.05, 4.69) is 35.4 Å². The summed E-state index contributed by atoms with van der Waals surface area (Å²) in [7, 11) is 4.14. The van der Waals surface area contributed by atoms with Crippen molar-refractivity contribution in [1.29, 1.82) is 0 Å². The van der Waals surface area contributed by atoms with Gasteiger partial charge in [0, 0.05) is 11.5 Å². The van der Waals surface area contributed by atoms with E-state index in [1.54, 1.807) is 0 Å². The highest BCUT2D eigenvalue weighted by molar-refractivity contribution is 8.76. The highest BCUT2D eigenvalue weighted by atomic mass is 33.1. The zero-order valence-electron chi connectivity index (χ0n) is 9.18. The van der Waals surface area contributed by atoms with Gasteiger partial charge in [-0.1, -0.05) is 67.5 Å². The molecule has 0 atom stereocenters. The summed E-state index contributed by atoms with van der Waals surface area (Å²) in [5.41, 5.74) is 0. The number of unbranched alkanes of at least 4 members (excludes halogenated alkanes) is 5. The molecule has 0 aromatic rings. The molecule has 0 N–H and O–H groups in total. The van der Waals surface area contributed by atoms with Crippen molar-refractivity contribution >= 4 is 21.6 Å². The Hall–Kier alpha value is 0.700. The SMILES string of the molecule is CCCCCCSSCCCCC. The fraction of sp³-hybridized carbons (Fsp3) is 1.00. The average Bonchev–Trinajstić information content (AvgIpc) is 2.16. The molecule has 0 heterocycles. The van der Waals surface area contributed by atoms with Crippen LogP contribution >= 0.6 is 21.6 Å². The average molecular weight is 220 g/mol. The first-order chi connectivity index (χ1) is 6.41. The summed E-state index contributed by atoms with van der Waals surface area (Å²) in [6.45, 7) is 4.54. The van der Waals surface area contributed by atoms with Crippen LogP contribution in [0, 0.1) is 0 Å². The molecule has 0 saturated carbocycles. The number of hydrogen-bond acceptors (Lipinski definition) is 2. The van der Waals surface area contributed by atoms with E-state index < -0.39 is 0 Å². The largest absolute Gasteiger partial charge is 0.0942 e. The zero-order chi connectivity index (χ0) is 9.78. The lowest BCUT2D eigenvalue weighted by molar-refractivity contribution is 0.707. The van der Waals surface area contributed by atoms with E-state index >= 15 is 0 Å². The molecule has 0 radical (unpaired) electrons. The van der Waals surface area contributed by atoms with Gasteiger partial charge in [-0.15, -0.1) is 0 Å². The lowest BCUT2D eigenvalue weighted by Gasteiger charge is -2.00. The maximum Gasteiger partial charge on any atom is 0.00369 e. The summed E-state index contributed by atoms with van der Waals surface area (Å²) >= 11 is 0. The fourth-order valence-corrected chi connectivity index (χ4v) is 3.41. The third-order valence-electron chi connectivity index (χ3n) is 2.00. The second-order valence-corrected chi connectivity index (χ2v) is 6.11. The molecule has 0 unspecified atom stereocenters. The minimum Gasteiger partial charge on any atom is -0.0942 e. The van der Waals surface area contributed by atoms with Crippen LogP contribution in [0.15, 0.2) is 0 Å². The van der Waals surface area contributed by atoms with Gasteiger partial charge in [0.1, 0.15) is 0 Å². The van der Waals surface area contributed by atoms with Crippen LogP contribution in [0.1, 0.15) is 58.8 Å².